The summed E-state index contributed by atoms with van der Waals surface area (Å²) >= 11 is 0. The van der Waals surface area contributed by atoms with Crippen LogP contribution < -0.4 is 16.0 Å². The standard InChI is InChI=1S/C30H34N4O2/c1-22(31-18-16-23-10-4-2-5-11-23)29(35)34-28(20-25-21-33-27-15-9-8-14-26(25)27)30(36)32-19-17-24-12-6-3-7-13-24/h2-15,21-22,28,31,33H,16-20H2,1H3,(H,32,36)(H,34,35)/t22-,28-/m0/s1. The molecule has 4 aromatic rings. The first-order chi connectivity index (χ1) is 17.6. The fourth-order valence-electron chi connectivity index (χ4n) is 4.29. The largest absolute Gasteiger partial charge is 0.361 e. The number of H-pyrrole nitrogens is 1. The maximum absolute atomic E-state index is 13.2. The number of carbonyl (C=O) groups is 2. The van der Waals surface area contributed by atoms with E-state index in [1.807, 2.05) is 85.9 Å². The van der Waals surface area contributed by atoms with Gasteiger partial charge in [-0.15, -0.1) is 0 Å². The van der Waals surface area contributed by atoms with E-state index in [4.69, 9.17) is 0 Å². The van der Waals surface area contributed by atoms with Gasteiger partial charge in [-0.2, -0.15) is 0 Å². The summed E-state index contributed by atoms with van der Waals surface area (Å²) in [5, 5.41) is 10.3. The van der Waals surface area contributed by atoms with Crippen molar-refractivity contribution in [1.82, 2.24) is 20.9 Å². The Bertz CT molecular complexity index is 1250. The third-order valence-electron chi connectivity index (χ3n) is 6.39. The molecule has 0 saturated carbocycles. The molecule has 186 valence electrons. The second-order valence-electron chi connectivity index (χ2n) is 9.06. The number of aromatic amines is 1. The summed E-state index contributed by atoms with van der Waals surface area (Å²) in [6.07, 6.45) is 3.89. The second kappa shape index (κ2) is 12.7. The zero-order chi connectivity index (χ0) is 25.2. The first kappa shape index (κ1) is 25.2. The van der Waals surface area contributed by atoms with Crippen molar-refractivity contribution in [3.8, 4) is 0 Å². The molecule has 0 bridgehead atoms. The highest BCUT2D eigenvalue weighted by atomic mass is 16.2. The van der Waals surface area contributed by atoms with Crippen LogP contribution in [0.25, 0.3) is 10.9 Å². The van der Waals surface area contributed by atoms with Crippen molar-refractivity contribution in [1.29, 1.82) is 0 Å². The van der Waals surface area contributed by atoms with Gasteiger partial charge in [-0.1, -0.05) is 78.9 Å². The van der Waals surface area contributed by atoms with Crippen LogP contribution in [0.2, 0.25) is 0 Å². The molecule has 6 heteroatoms. The van der Waals surface area contributed by atoms with Gasteiger partial charge >= 0.3 is 0 Å². The molecule has 4 N–H and O–H groups in total. The summed E-state index contributed by atoms with van der Waals surface area (Å²) in [4.78, 5) is 29.5. The van der Waals surface area contributed by atoms with Crippen molar-refractivity contribution < 1.29 is 9.59 Å². The lowest BCUT2D eigenvalue weighted by Crippen LogP contribution is -2.53. The van der Waals surface area contributed by atoms with E-state index >= 15 is 0 Å². The lowest BCUT2D eigenvalue weighted by atomic mass is 10.0. The van der Waals surface area contributed by atoms with Gasteiger partial charge in [0.1, 0.15) is 6.04 Å². The monoisotopic (exact) mass is 482 g/mol. The summed E-state index contributed by atoms with van der Waals surface area (Å²) in [5.41, 5.74) is 4.38. The van der Waals surface area contributed by atoms with Crippen LogP contribution in [-0.4, -0.2) is 42.0 Å². The van der Waals surface area contributed by atoms with Crippen molar-refractivity contribution >= 4 is 22.7 Å². The normalized spacial score (nSPS) is 12.7. The van der Waals surface area contributed by atoms with Gasteiger partial charge in [0.2, 0.25) is 11.8 Å². The van der Waals surface area contributed by atoms with Crippen LogP contribution in [0.5, 0.6) is 0 Å². The van der Waals surface area contributed by atoms with E-state index in [2.05, 4.69) is 33.1 Å². The molecule has 6 nitrogen and oxygen atoms in total. The minimum atomic E-state index is -0.675. The van der Waals surface area contributed by atoms with Crippen molar-refractivity contribution in [3.05, 3.63) is 108 Å². The fourth-order valence-corrected chi connectivity index (χ4v) is 4.29. The smallest absolute Gasteiger partial charge is 0.242 e. The molecule has 3 aromatic carbocycles. The molecule has 1 heterocycles. The Kier molecular flexibility index (Phi) is 8.89. The van der Waals surface area contributed by atoms with E-state index in [0.29, 0.717) is 19.5 Å². The van der Waals surface area contributed by atoms with Gasteiger partial charge in [0.05, 0.1) is 6.04 Å². The Morgan fingerprint density at radius 3 is 2.08 bits per heavy atom. The Morgan fingerprint density at radius 1 is 0.778 bits per heavy atom. The van der Waals surface area contributed by atoms with Crippen molar-refractivity contribution in [2.24, 2.45) is 0 Å². The number of aromatic nitrogens is 1. The number of fused-ring (bicyclic) bond motifs is 1. The number of hydrogen-bond acceptors (Lipinski definition) is 3. The van der Waals surface area contributed by atoms with E-state index in [-0.39, 0.29) is 11.8 Å². The summed E-state index contributed by atoms with van der Waals surface area (Å²) < 4.78 is 0. The van der Waals surface area contributed by atoms with Crippen LogP contribution in [0.4, 0.5) is 0 Å². The molecular formula is C30H34N4O2. The average Bonchev–Trinajstić information content (AvgIpc) is 3.32. The number of benzene rings is 3. The molecule has 0 unspecified atom stereocenters. The third-order valence-corrected chi connectivity index (χ3v) is 6.39. The zero-order valence-corrected chi connectivity index (χ0v) is 20.7. The summed E-state index contributed by atoms with van der Waals surface area (Å²) in [5.74, 6) is -0.368. The Hall–Kier alpha value is -3.90. The SMILES string of the molecule is C[C@H](NCCc1ccccc1)C(=O)N[C@@H](Cc1c[nH]c2ccccc12)C(=O)NCCc1ccccc1. The summed E-state index contributed by atoms with van der Waals surface area (Å²) in [6.45, 7) is 3.01. The number of rotatable bonds is 12. The van der Waals surface area contributed by atoms with E-state index in [1.165, 1.54) is 5.56 Å². The molecule has 0 aliphatic heterocycles. The van der Waals surface area contributed by atoms with Crippen LogP contribution in [0, 0.1) is 0 Å². The average molecular weight is 483 g/mol. The molecule has 0 spiro atoms. The number of hydrogen-bond donors (Lipinski definition) is 4. The van der Waals surface area contributed by atoms with Crippen LogP contribution in [-0.2, 0) is 28.9 Å². The zero-order valence-electron chi connectivity index (χ0n) is 20.7. The van der Waals surface area contributed by atoms with Crippen molar-refractivity contribution in [2.45, 2.75) is 38.3 Å². The molecule has 2 amide bonds. The van der Waals surface area contributed by atoms with E-state index in [0.717, 1.165) is 34.9 Å². The first-order valence-electron chi connectivity index (χ1n) is 12.5. The Balaban J connectivity index is 1.38. The molecular weight excluding hydrogens is 448 g/mol. The molecule has 0 aliphatic rings. The highest BCUT2D eigenvalue weighted by Crippen LogP contribution is 2.19. The minimum Gasteiger partial charge on any atom is -0.361 e. The molecule has 36 heavy (non-hydrogen) atoms. The van der Waals surface area contributed by atoms with Gasteiger partial charge in [-0.25, -0.2) is 0 Å². The van der Waals surface area contributed by atoms with Crippen LogP contribution in [0.15, 0.2) is 91.1 Å². The molecule has 0 fully saturated rings. The van der Waals surface area contributed by atoms with Gasteiger partial charge in [0.15, 0.2) is 0 Å². The van der Waals surface area contributed by atoms with Gasteiger partial charge in [0, 0.05) is 30.1 Å². The van der Waals surface area contributed by atoms with Crippen LogP contribution >= 0.6 is 0 Å². The molecule has 0 saturated heterocycles. The van der Waals surface area contributed by atoms with Gasteiger partial charge in [-0.05, 0) is 49.1 Å². The number of nitrogens with one attached hydrogen (secondary N) is 4. The number of para-hydroxylation sites is 1. The van der Waals surface area contributed by atoms with E-state index in [1.54, 1.807) is 0 Å². The van der Waals surface area contributed by atoms with Gasteiger partial charge in [0.25, 0.3) is 0 Å². The topological polar surface area (TPSA) is 86.0 Å². The Morgan fingerprint density at radius 2 is 1.39 bits per heavy atom. The predicted molar refractivity (Wildman–Crippen MR) is 145 cm³/mol. The van der Waals surface area contributed by atoms with Crippen molar-refractivity contribution in [2.75, 3.05) is 13.1 Å². The van der Waals surface area contributed by atoms with Gasteiger partial charge in [-0.3, -0.25) is 9.59 Å². The molecule has 2 atom stereocenters. The molecule has 1 aromatic heterocycles. The number of amides is 2. The van der Waals surface area contributed by atoms with Crippen molar-refractivity contribution in [3.63, 3.8) is 0 Å². The van der Waals surface area contributed by atoms with Gasteiger partial charge < -0.3 is 20.9 Å². The number of carbonyl (C=O) groups excluding carboxylic acids is 2. The minimum absolute atomic E-state index is 0.180. The maximum atomic E-state index is 13.2. The molecule has 0 radical (unpaired) electrons. The van der Waals surface area contributed by atoms with Crippen LogP contribution in [0.3, 0.4) is 0 Å². The van der Waals surface area contributed by atoms with E-state index in [9.17, 15) is 9.59 Å². The maximum Gasteiger partial charge on any atom is 0.242 e. The second-order valence-corrected chi connectivity index (χ2v) is 9.06. The highest BCUT2D eigenvalue weighted by Gasteiger charge is 2.24. The lowest BCUT2D eigenvalue weighted by Gasteiger charge is -2.21. The molecule has 0 aliphatic carbocycles. The lowest BCUT2D eigenvalue weighted by molar-refractivity contribution is -0.129. The van der Waals surface area contributed by atoms with Crippen LogP contribution in [0.1, 0.15) is 23.6 Å². The fraction of sp³-hybridized carbons (Fsp3) is 0.267. The highest BCUT2D eigenvalue weighted by molar-refractivity contribution is 5.91. The van der Waals surface area contributed by atoms with E-state index < -0.39 is 12.1 Å². The summed E-state index contributed by atoms with van der Waals surface area (Å²) in [6, 6.07) is 27.1. The molecule has 4 rings (SSSR count). The quantitative estimate of drug-likeness (QED) is 0.248. The summed E-state index contributed by atoms with van der Waals surface area (Å²) in [7, 11) is 0. The third kappa shape index (κ3) is 7.06. The predicted octanol–water partition coefficient (Wildman–Crippen LogP) is 3.77. The first-order valence-corrected chi connectivity index (χ1v) is 12.5. The Labute approximate surface area is 212 Å².